The molecule has 6 nitrogen and oxygen atoms in total. The Morgan fingerprint density at radius 3 is 2.44 bits per heavy atom. The first-order valence-corrected chi connectivity index (χ1v) is 8.57. The van der Waals surface area contributed by atoms with Gasteiger partial charge in [-0.25, -0.2) is 4.99 Å². The number of nitrogens with zero attached hydrogens (tertiary/aromatic N) is 3. The maximum Gasteiger partial charge on any atom is 0.411 e. The summed E-state index contributed by atoms with van der Waals surface area (Å²) in [6, 6.07) is 7.22. The van der Waals surface area contributed by atoms with Gasteiger partial charge in [-0.1, -0.05) is 24.3 Å². The monoisotopic (exact) mass is 383 g/mol. The van der Waals surface area contributed by atoms with Crippen molar-refractivity contribution >= 4 is 5.96 Å². The summed E-state index contributed by atoms with van der Waals surface area (Å²) in [6.45, 7) is 2.46. The van der Waals surface area contributed by atoms with E-state index < -0.39 is 12.8 Å². The molecule has 0 saturated carbocycles. The van der Waals surface area contributed by atoms with Gasteiger partial charge in [0, 0.05) is 31.9 Å². The first-order valence-electron chi connectivity index (χ1n) is 8.57. The maximum absolute atomic E-state index is 12.1. The van der Waals surface area contributed by atoms with E-state index in [0.717, 1.165) is 17.7 Å². The van der Waals surface area contributed by atoms with Crippen LogP contribution in [-0.2, 0) is 31.5 Å². The molecule has 1 heterocycles. The summed E-state index contributed by atoms with van der Waals surface area (Å²) >= 11 is 0. The van der Waals surface area contributed by atoms with E-state index in [1.165, 1.54) is 0 Å². The fourth-order valence-electron chi connectivity index (χ4n) is 2.29. The SMILES string of the molecule is CCNC(=NCc1cnn(C)c1)NCc1ccc(COCC(F)(F)F)cc1. The van der Waals surface area contributed by atoms with E-state index in [1.54, 1.807) is 23.0 Å². The van der Waals surface area contributed by atoms with Gasteiger partial charge in [-0.15, -0.1) is 0 Å². The van der Waals surface area contributed by atoms with Crippen molar-refractivity contribution in [3.63, 3.8) is 0 Å². The fraction of sp³-hybridized carbons (Fsp3) is 0.444. The van der Waals surface area contributed by atoms with Gasteiger partial charge in [-0.2, -0.15) is 18.3 Å². The maximum atomic E-state index is 12.1. The lowest BCUT2D eigenvalue weighted by Gasteiger charge is -2.12. The molecule has 0 aliphatic heterocycles. The minimum Gasteiger partial charge on any atom is -0.367 e. The average molecular weight is 383 g/mol. The largest absolute Gasteiger partial charge is 0.411 e. The van der Waals surface area contributed by atoms with Crippen molar-refractivity contribution in [3.05, 3.63) is 53.3 Å². The number of nitrogens with one attached hydrogen (secondary N) is 2. The summed E-state index contributed by atoms with van der Waals surface area (Å²) in [6.07, 6.45) is -0.624. The lowest BCUT2D eigenvalue weighted by Crippen LogP contribution is -2.36. The van der Waals surface area contributed by atoms with E-state index in [-0.39, 0.29) is 6.61 Å². The van der Waals surface area contributed by atoms with Crippen molar-refractivity contribution < 1.29 is 17.9 Å². The molecule has 2 rings (SSSR count). The number of alkyl halides is 3. The number of aromatic nitrogens is 2. The van der Waals surface area contributed by atoms with Crippen molar-refractivity contribution in [2.45, 2.75) is 32.8 Å². The van der Waals surface area contributed by atoms with Crippen LogP contribution in [0.5, 0.6) is 0 Å². The fourth-order valence-corrected chi connectivity index (χ4v) is 2.29. The molecule has 0 saturated heterocycles. The van der Waals surface area contributed by atoms with Crippen LogP contribution in [0, 0.1) is 0 Å². The minimum atomic E-state index is -4.30. The van der Waals surface area contributed by atoms with Gasteiger partial charge >= 0.3 is 6.18 Å². The van der Waals surface area contributed by atoms with Gasteiger partial charge < -0.3 is 15.4 Å². The highest BCUT2D eigenvalue weighted by Crippen LogP contribution is 2.15. The lowest BCUT2D eigenvalue weighted by molar-refractivity contribution is -0.176. The van der Waals surface area contributed by atoms with Gasteiger partial charge in [0.2, 0.25) is 0 Å². The van der Waals surface area contributed by atoms with E-state index in [4.69, 9.17) is 0 Å². The smallest absolute Gasteiger partial charge is 0.367 e. The summed E-state index contributed by atoms with van der Waals surface area (Å²) in [5.41, 5.74) is 2.69. The molecule has 0 fully saturated rings. The number of hydrogen-bond donors (Lipinski definition) is 2. The number of benzene rings is 1. The first-order chi connectivity index (χ1) is 12.9. The van der Waals surface area contributed by atoms with E-state index in [2.05, 4.69) is 25.5 Å². The number of aryl methyl sites for hydroxylation is 1. The molecule has 148 valence electrons. The Bertz CT molecular complexity index is 725. The van der Waals surface area contributed by atoms with Crippen LogP contribution in [0.3, 0.4) is 0 Å². The zero-order valence-corrected chi connectivity index (χ0v) is 15.4. The van der Waals surface area contributed by atoms with Crippen molar-refractivity contribution in [1.29, 1.82) is 0 Å². The molecule has 0 unspecified atom stereocenters. The summed E-state index contributed by atoms with van der Waals surface area (Å²) in [7, 11) is 1.86. The van der Waals surface area contributed by atoms with Crippen LogP contribution in [0.1, 0.15) is 23.6 Å². The second-order valence-electron chi connectivity index (χ2n) is 6.00. The number of aliphatic imine (C=N–C) groups is 1. The Hall–Kier alpha value is -2.55. The lowest BCUT2D eigenvalue weighted by atomic mass is 10.1. The quantitative estimate of drug-likeness (QED) is 0.544. The van der Waals surface area contributed by atoms with E-state index in [9.17, 15) is 13.2 Å². The number of halogens is 3. The molecule has 0 aliphatic carbocycles. The van der Waals surface area contributed by atoms with Crippen LogP contribution in [-0.4, -0.2) is 35.1 Å². The van der Waals surface area contributed by atoms with E-state index >= 15 is 0 Å². The highest BCUT2D eigenvalue weighted by Gasteiger charge is 2.27. The highest BCUT2D eigenvalue weighted by molar-refractivity contribution is 5.79. The van der Waals surface area contributed by atoms with Gasteiger partial charge in [0.1, 0.15) is 6.61 Å². The third kappa shape index (κ3) is 8.12. The Morgan fingerprint density at radius 2 is 1.85 bits per heavy atom. The van der Waals surface area contributed by atoms with Crippen LogP contribution in [0.2, 0.25) is 0 Å². The second-order valence-corrected chi connectivity index (χ2v) is 6.00. The standard InChI is InChI=1S/C18H24F3N5O/c1-3-22-17(24-9-16-10-25-26(2)11-16)23-8-14-4-6-15(7-5-14)12-27-13-18(19,20)21/h4-7,10-11H,3,8-9,12-13H2,1-2H3,(H2,22,23,24). The van der Waals surface area contributed by atoms with Crippen molar-refractivity contribution in [3.8, 4) is 0 Å². The highest BCUT2D eigenvalue weighted by atomic mass is 19.4. The summed E-state index contributed by atoms with van der Waals surface area (Å²) in [5.74, 6) is 0.680. The van der Waals surface area contributed by atoms with Gasteiger partial charge in [0.15, 0.2) is 5.96 Å². The van der Waals surface area contributed by atoms with Crippen LogP contribution in [0.25, 0.3) is 0 Å². The Morgan fingerprint density at radius 1 is 1.15 bits per heavy atom. The topological polar surface area (TPSA) is 63.5 Å². The number of hydrogen-bond acceptors (Lipinski definition) is 3. The molecule has 1 aromatic carbocycles. The predicted molar refractivity (Wildman–Crippen MR) is 97.0 cm³/mol. The average Bonchev–Trinajstić information content (AvgIpc) is 3.03. The van der Waals surface area contributed by atoms with Crippen molar-refractivity contribution in [1.82, 2.24) is 20.4 Å². The molecule has 9 heteroatoms. The summed E-state index contributed by atoms with van der Waals surface area (Å²) in [5, 5.41) is 10.5. The summed E-state index contributed by atoms with van der Waals surface area (Å²) in [4.78, 5) is 4.51. The van der Waals surface area contributed by atoms with Crippen LogP contribution >= 0.6 is 0 Å². The van der Waals surface area contributed by atoms with Crippen molar-refractivity contribution in [2.24, 2.45) is 12.0 Å². The number of guanidine groups is 1. The summed E-state index contributed by atoms with van der Waals surface area (Å²) < 4.78 is 42.6. The minimum absolute atomic E-state index is 0.0670. The van der Waals surface area contributed by atoms with Gasteiger partial charge in [0.25, 0.3) is 0 Å². The first kappa shape index (κ1) is 20.8. The zero-order valence-electron chi connectivity index (χ0n) is 15.4. The molecule has 0 spiro atoms. The molecule has 0 radical (unpaired) electrons. The number of ether oxygens (including phenoxy) is 1. The molecule has 0 atom stereocenters. The molecule has 0 amide bonds. The van der Waals surface area contributed by atoms with Gasteiger partial charge in [-0.05, 0) is 18.1 Å². The molecule has 1 aromatic heterocycles. The van der Waals surface area contributed by atoms with E-state index in [1.807, 2.05) is 32.3 Å². The predicted octanol–water partition coefficient (Wildman–Crippen LogP) is 2.75. The third-order valence-corrected chi connectivity index (χ3v) is 3.54. The number of rotatable bonds is 8. The molecule has 0 aliphatic rings. The Labute approximate surface area is 156 Å². The molecular weight excluding hydrogens is 359 g/mol. The second kappa shape index (κ2) is 9.96. The molecule has 2 N–H and O–H groups in total. The Kier molecular flexibility index (Phi) is 7.66. The Balaban J connectivity index is 1.83. The van der Waals surface area contributed by atoms with Crippen LogP contribution in [0.4, 0.5) is 13.2 Å². The van der Waals surface area contributed by atoms with Gasteiger partial charge in [0.05, 0.1) is 19.3 Å². The zero-order chi connectivity index (χ0) is 19.7. The van der Waals surface area contributed by atoms with E-state index in [0.29, 0.717) is 24.6 Å². The molecule has 27 heavy (non-hydrogen) atoms. The molecule has 0 bridgehead atoms. The van der Waals surface area contributed by atoms with Crippen molar-refractivity contribution in [2.75, 3.05) is 13.2 Å². The van der Waals surface area contributed by atoms with Crippen LogP contribution in [0.15, 0.2) is 41.7 Å². The van der Waals surface area contributed by atoms with Crippen LogP contribution < -0.4 is 10.6 Å². The molecular formula is C18H24F3N5O. The molecule has 2 aromatic rings. The normalized spacial score (nSPS) is 12.3. The third-order valence-electron chi connectivity index (χ3n) is 3.54. The van der Waals surface area contributed by atoms with Gasteiger partial charge in [-0.3, -0.25) is 4.68 Å².